The number of aromatic carboxylic acids is 1. The number of carbonyl (C=O) groups is 1. The lowest BCUT2D eigenvalue weighted by atomic mass is 9.87. The Hall–Kier alpha value is -0.100. The Balaban J connectivity index is 2.17. The lowest BCUT2D eigenvalue weighted by Crippen LogP contribution is -2.11. The molecular weight excluding hydrogens is 323 g/mol. The molecule has 2 nitrogen and oxygen atoms in total. The van der Waals surface area contributed by atoms with Gasteiger partial charge in [-0.15, -0.1) is 11.3 Å². The van der Waals surface area contributed by atoms with Crippen LogP contribution in [0.15, 0.2) is 0 Å². The van der Waals surface area contributed by atoms with Gasteiger partial charge in [-0.1, -0.05) is 0 Å². The highest BCUT2D eigenvalue weighted by molar-refractivity contribution is 14.1. The fourth-order valence-electron chi connectivity index (χ4n) is 2.98. The first-order chi connectivity index (χ1) is 7.16. The van der Waals surface area contributed by atoms with Gasteiger partial charge in [-0.25, -0.2) is 4.79 Å². The molecule has 0 aromatic carbocycles. The molecule has 1 saturated carbocycles. The quantitative estimate of drug-likeness (QED) is 0.799. The zero-order valence-electron chi connectivity index (χ0n) is 8.12. The third kappa shape index (κ3) is 1.45. The van der Waals surface area contributed by atoms with Crippen molar-refractivity contribution < 1.29 is 9.90 Å². The number of fused-ring (bicyclic) bond motifs is 4. The van der Waals surface area contributed by atoms with Crippen molar-refractivity contribution in [2.75, 3.05) is 0 Å². The van der Waals surface area contributed by atoms with Crippen LogP contribution in [0.5, 0.6) is 0 Å². The first-order valence-electron chi connectivity index (χ1n) is 5.21. The Kier molecular flexibility index (Phi) is 2.32. The van der Waals surface area contributed by atoms with E-state index in [1.54, 1.807) is 11.3 Å². The van der Waals surface area contributed by atoms with Crippen LogP contribution in [0.2, 0.25) is 0 Å². The third-order valence-corrected chi connectivity index (χ3v) is 6.00. The fourth-order valence-corrected chi connectivity index (χ4v) is 5.45. The van der Waals surface area contributed by atoms with E-state index in [4.69, 9.17) is 0 Å². The normalized spacial score (nSPS) is 27.8. The first-order valence-corrected chi connectivity index (χ1v) is 7.10. The van der Waals surface area contributed by atoms with Crippen LogP contribution < -0.4 is 0 Å². The van der Waals surface area contributed by atoms with E-state index in [-0.39, 0.29) is 0 Å². The molecule has 0 spiro atoms. The van der Waals surface area contributed by atoms with Crippen LogP contribution in [-0.4, -0.2) is 11.1 Å². The molecule has 0 aliphatic heterocycles. The van der Waals surface area contributed by atoms with E-state index in [0.29, 0.717) is 11.5 Å². The summed E-state index contributed by atoms with van der Waals surface area (Å²) in [6.07, 6.45) is 4.87. The minimum absolute atomic E-state index is 0.604. The summed E-state index contributed by atoms with van der Waals surface area (Å²) in [5, 5.41) is 9.21. The maximum Gasteiger partial charge on any atom is 0.337 e. The van der Waals surface area contributed by atoms with Crippen LogP contribution in [0.1, 0.15) is 46.0 Å². The molecule has 15 heavy (non-hydrogen) atoms. The molecule has 4 heteroatoms. The van der Waals surface area contributed by atoms with Gasteiger partial charge in [0.1, 0.15) is 0 Å². The van der Waals surface area contributed by atoms with E-state index in [1.165, 1.54) is 24.1 Å². The monoisotopic (exact) mass is 334 g/mol. The van der Waals surface area contributed by atoms with Crippen LogP contribution >= 0.6 is 33.9 Å². The number of carboxylic acid groups (broad SMARTS) is 1. The molecular formula is C11H11IO2S. The third-order valence-electron chi connectivity index (χ3n) is 3.61. The largest absolute Gasteiger partial charge is 0.478 e. The van der Waals surface area contributed by atoms with Gasteiger partial charge >= 0.3 is 5.97 Å². The van der Waals surface area contributed by atoms with E-state index in [2.05, 4.69) is 22.6 Å². The molecule has 2 bridgehead atoms. The minimum atomic E-state index is -0.738. The predicted molar refractivity (Wildman–Crippen MR) is 67.8 cm³/mol. The number of hydrogen-bond acceptors (Lipinski definition) is 2. The lowest BCUT2D eigenvalue weighted by molar-refractivity contribution is 0.0695. The molecule has 2 aliphatic rings. The molecule has 1 N–H and O–H groups in total. The Morgan fingerprint density at radius 1 is 1.47 bits per heavy atom. The molecule has 3 rings (SSSR count). The SMILES string of the molecule is O=C(O)c1c(I)sc2c1CC1CCC2C1. The van der Waals surface area contributed by atoms with E-state index < -0.39 is 5.97 Å². The number of thiophene rings is 1. The summed E-state index contributed by atoms with van der Waals surface area (Å²) in [7, 11) is 0. The minimum Gasteiger partial charge on any atom is -0.478 e. The van der Waals surface area contributed by atoms with Gasteiger partial charge in [0, 0.05) is 4.88 Å². The van der Waals surface area contributed by atoms with Gasteiger partial charge in [0.05, 0.1) is 8.45 Å². The van der Waals surface area contributed by atoms with Gasteiger partial charge in [0.25, 0.3) is 0 Å². The summed E-state index contributed by atoms with van der Waals surface area (Å²) in [6.45, 7) is 0. The van der Waals surface area contributed by atoms with E-state index in [0.717, 1.165) is 20.8 Å². The Morgan fingerprint density at radius 2 is 2.27 bits per heavy atom. The number of carboxylic acids is 1. The van der Waals surface area contributed by atoms with Crippen molar-refractivity contribution in [1.82, 2.24) is 0 Å². The summed E-state index contributed by atoms with van der Waals surface area (Å²) in [6, 6.07) is 0. The molecule has 2 unspecified atom stereocenters. The van der Waals surface area contributed by atoms with Gasteiger partial charge in [0.2, 0.25) is 0 Å². The van der Waals surface area contributed by atoms with E-state index >= 15 is 0 Å². The highest BCUT2D eigenvalue weighted by atomic mass is 127. The molecule has 80 valence electrons. The van der Waals surface area contributed by atoms with Crippen LogP contribution in [0.4, 0.5) is 0 Å². The predicted octanol–water partition coefficient (Wildman–Crippen LogP) is 3.49. The summed E-state index contributed by atoms with van der Waals surface area (Å²) < 4.78 is 0.970. The van der Waals surface area contributed by atoms with Crippen LogP contribution in [-0.2, 0) is 6.42 Å². The Morgan fingerprint density at radius 3 is 3.00 bits per heavy atom. The van der Waals surface area contributed by atoms with E-state index in [9.17, 15) is 9.90 Å². The summed E-state index contributed by atoms with van der Waals surface area (Å²) in [5.41, 5.74) is 1.77. The van der Waals surface area contributed by atoms with E-state index in [1.807, 2.05) is 0 Å². The zero-order chi connectivity index (χ0) is 10.6. The van der Waals surface area contributed by atoms with Crippen molar-refractivity contribution in [3.8, 4) is 0 Å². The van der Waals surface area contributed by atoms with Gasteiger partial charge in [-0.2, -0.15) is 0 Å². The molecule has 0 radical (unpaired) electrons. The number of hydrogen-bond donors (Lipinski definition) is 1. The topological polar surface area (TPSA) is 37.3 Å². The van der Waals surface area contributed by atoms with Crippen LogP contribution in [0, 0.1) is 8.80 Å². The molecule has 1 aromatic rings. The maximum absolute atomic E-state index is 11.2. The maximum atomic E-state index is 11.2. The number of rotatable bonds is 1. The molecule has 1 aromatic heterocycles. The molecule has 0 amide bonds. The zero-order valence-corrected chi connectivity index (χ0v) is 11.1. The standard InChI is InChI=1S/C11H11IO2S/c12-10-8(11(13)14)7-4-5-1-2-6(3-5)9(7)15-10/h5-6H,1-4H2,(H,13,14). The van der Waals surface area contributed by atoms with Crippen molar-refractivity contribution in [3.05, 3.63) is 18.9 Å². The molecule has 2 aliphatic carbocycles. The molecule has 0 saturated heterocycles. The average Bonchev–Trinajstić information content (AvgIpc) is 2.69. The van der Waals surface area contributed by atoms with Gasteiger partial charge < -0.3 is 5.11 Å². The molecule has 1 fully saturated rings. The lowest BCUT2D eigenvalue weighted by Gasteiger charge is -2.19. The second-order valence-corrected chi connectivity index (χ2v) is 7.34. The molecule has 1 heterocycles. The van der Waals surface area contributed by atoms with Crippen LogP contribution in [0.3, 0.4) is 0 Å². The number of halogens is 1. The Labute approximate surface area is 106 Å². The highest BCUT2D eigenvalue weighted by Crippen LogP contribution is 2.50. The van der Waals surface area contributed by atoms with Crippen molar-refractivity contribution in [2.24, 2.45) is 5.92 Å². The van der Waals surface area contributed by atoms with Crippen LogP contribution in [0.25, 0.3) is 0 Å². The second-order valence-electron chi connectivity index (χ2n) is 4.48. The first kappa shape index (κ1) is 10.1. The summed E-state index contributed by atoms with van der Waals surface area (Å²) in [4.78, 5) is 12.6. The highest BCUT2D eigenvalue weighted by Gasteiger charge is 2.37. The van der Waals surface area contributed by atoms with Crippen molar-refractivity contribution in [2.45, 2.75) is 31.6 Å². The molecule has 2 atom stereocenters. The van der Waals surface area contributed by atoms with Gasteiger partial charge in [-0.3, -0.25) is 0 Å². The fraction of sp³-hybridized carbons (Fsp3) is 0.545. The second kappa shape index (κ2) is 3.45. The van der Waals surface area contributed by atoms with Crippen molar-refractivity contribution in [1.29, 1.82) is 0 Å². The smallest absolute Gasteiger partial charge is 0.337 e. The van der Waals surface area contributed by atoms with Gasteiger partial charge in [-0.05, 0) is 65.7 Å². The van der Waals surface area contributed by atoms with Crippen molar-refractivity contribution in [3.63, 3.8) is 0 Å². The van der Waals surface area contributed by atoms with Crippen molar-refractivity contribution >= 4 is 39.9 Å². The summed E-state index contributed by atoms with van der Waals surface area (Å²) in [5.74, 6) is 0.689. The Bertz CT molecular complexity index is 438. The average molecular weight is 334 g/mol. The van der Waals surface area contributed by atoms with Gasteiger partial charge in [0.15, 0.2) is 0 Å². The summed E-state index contributed by atoms with van der Waals surface area (Å²) >= 11 is 3.89.